The predicted octanol–water partition coefficient (Wildman–Crippen LogP) is 5.67. The molecule has 1 aliphatic rings. The Labute approximate surface area is 124 Å². The minimum absolute atomic E-state index is 0.310. The Morgan fingerprint density at radius 1 is 1.24 bits per heavy atom. The third kappa shape index (κ3) is 4.05. The molecular formula is C13H18Br2OS. The molecule has 1 aromatic rings. The van der Waals surface area contributed by atoms with Crippen molar-refractivity contribution in [2.45, 2.75) is 51.0 Å². The van der Waals surface area contributed by atoms with Crippen LogP contribution in [-0.4, -0.2) is 5.11 Å². The number of aliphatic hydroxyl groups excluding tert-OH is 1. The first-order valence-electron chi connectivity index (χ1n) is 6.29. The molecule has 1 aliphatic carbocycles. The van der Waals surface area contributed by atoms with Crippen molar-refractivity contribution in [2.75, 3.05) is 0 Å². The molecule has 2 rings (SSSR count). The normalized spacial score (nSPS) is 20.2. The molecule has 17 heavy (non-hydrogen) atoms. The van der Waals surface area contributed by atoms with Gasteiger partial charge in [-0.05, 0) is 50.3 Å². The number of thiophene rings is 1. The number of rotatable bonds is 3. The first-order valence-corrected chi connectivity index (χ1v) is 8.70. The maximum absolute atomic E-state index is 10.3. The van der Waals surface area contributed by atoms with Gasteiger partial charge in [-0.25, -0.2) is 0 Å². The molecule has 0 aliphatic heterocycles. The van der Waals surface area contributed by atoms with Crippen molar-refractivity contribution in [3.05, 3.63) is 19.2 Å². The second kappa shape index (κ2) is 6.69. The van der Waals surface area contributed by atoms with Gasteiger partial charge in [-0.1, -0.05) is 38.5 Å². The molecule has 0 spiro atoms. The van der Waals surface area contributed by atoms with Gasteiger partial charge in [0.15, 0.2) is 0 Å². The van der Waals surface area contributed by atoms with Gasteiger partial charge in [-0.2, -0.15) is 0 Å². The van der Waals surface area contributed by atoms with Crippen LogP contribution >= 0.6 is 43.2 Å². The minimum Gasteiger partial charge on any atom is -0.388 e. The van der Waals surface area contributed by atoms with E-state index in [2.05, 4.69) is 31.9 Å². The van der Waals surface area contributed by atoms with E-state index in [-0.39, 0.29) is 6.10 Å². The van der Waals surface area contributed by atoms with E-state index in [1.165, 1.54) is 38.5 Å². The van der Waals surface area contributed by atoms with Gasteiger partial charge in [-0.3, -0.25) is 0 Å². The molecule has 0 bridgehead atoms. The minimum atomic E-state index is -0.310. The van der Waals surface area contributed by atoms with Gasteiger partial charge in [-0.15, -0.1) is 11.3 Å². The van der Waals surface area contributed by atoms with Gasteiger partial charge >= 0.3 is 0 Å². The zero-order valence-corrected chi connectivity index (χ0v) is 13.8. The quantitative estimate of drug-likeness (QED) is 0.669. The van der Waals surface area contributed by atoms with Crippen molar-refractivity contribution in [3.63, 3.8) is 0 Å². The van der Waals surface area contributed by atoms with Gasteiger partial charge < -0.3 is 5.11 Å². The zero-order valence-electron chi connectivity index (χ0n) is 9.79. The van der Waals surface area contributed by atoms with E-state index in [4.69, 9.17) is 0 Å². The second-order valence-corrected chi connectivity index (χ2v) is 8.64. The van der Waals surface area contributed by atoms with Crippen LogP contribution in [0.5, 0.6) is 0 Å². The number of hydrogen-bond acceptors (Lipinski definition) is 2. The molecule has 0 aromatic carbocycles. The summed E-state index contributed by atoms with van der Waals surface area (Å²) in [5.41, 5.74) is 1.05. The smallest absolute Gasteiger partial charge is 0.0812 e. The molecule has 0 radical (unpaired) electrons. The molecular weight excluding hydrogens is 364 g/mol. The Kier molecular flexibility index (Phi) is 5.52. The highest BCUT2D eigenvalue weighted by Gasteiger charge is 2.20. The van der Waals surface area contributed by atoms with Crippen LogP contribution in [0.4, 0.5) is 0 Å². The molecule has 1 atom stereocenters. The molecule has 4 heteroatoms. The van der Waals surface area contributed by atoms with Crippen LogP contribution < -0.4 is 0 Å². The summed E-state index contributed by atoms with van der Waals surface area (Å²) in [6.45, 7) is 0. The molecule has 1 saturated carbocycles. The van der Waals surface area contributed by atoms with Gasteiger partial charge in [0.25, 0.3) is 0 Å². The molecule has 1 aromatic heterocycles. The molecule has 1 nitrogen and oxygen atoms in total. The summed E-state index contributed by atoms with van der Waals surface area (Å²) in [5.74, 6) is 0.707. The maximum atomic E-state index is 10.3. The van der Waals surface area contributed by atoms with Crippen LogP contribution in [0.25, 0.3) is 0 Å². The van der Waals surface area contributed by atoms with Crippen molar-refractivity contribution in [1.82, 2.24) is 0 Å². The number of aliphatic hydroxyl groups is 1. The van der Waals surface area contributed by atoms with Crippen molar-refractivity contribution in [2.24, 2.45) is 5.92 Å². The third-order valence-corrected chi connectivity index (χ3v) is 5.96. The van der Waals surface area contributed by atoms with E-state index in [1.54, 1.807) is 11.3 Å². The van der Waals surface area contributed by atoms with Crippen molar-refractivity contribution in [3.8, 4) is 0 Å². The van der Waals surface area contributed by atoms with Gasteiger partial charge in [0, 0.05) is 5.56 Å². The SMILES string of the molecule is OC(CC1CCCCCC1)c1cc(Br)sc1Br. The lowest BCUT2D eigenvalue weighted by Crippen LogP contribution is -2.06. The van der Waals surface area contributed by atoms with Gasteiger partial charge in [0.05, 0.1) is 13.7 Å². The van der Waals surface area contributed by atoms with Crippen molar-refractivity contribution < 1.29 is 5.11 Å². The highest BCUT2D eigenvalue weighted by Crippen LogP contribution is 2.39. The lowest BCUT2D eigenvalue weighted by molar-refractivity contribution is 0.139. The van der Waals surface area contributed by atoms with E-state index < -0.39 is 0 Å². The first-order chi connectivity index (χ1) is 8.16. The Bertz CT molecular complexity index is 356. The van der Waals surface area contributed by atoms with Crippen LogP contribution in [0, 0.1) is 5.92 Å². The lowest BCUT2D eigenvalue weighted by atomic mass is 9.92. The maximum Gasteiger partial charge on any atom is 0.0812 e. The van der Waals surface area contributed by atoms with E-state index in [0.717, 1.165) is 19.6 Å². The first kappa shape index (κ1) is 14.0. The molecule has 1 heterocycles. The average Bonchev–Trinajstić information content (AvgIpc) is 2.51. The lowest BCUT2D eigenvalue weighted by Gasteiger charge is -2.18. The molecule has 1 unspecified atom stereocenters. The highest BCUT2D eigenvalue weighted by atomic mass is 79.9. The van der Waals surface area contributed by atoms with E-state index in [0.29, 0.717) is 5.92 Å². The van der Waals surface area contributed by atoms with Gasteiger partial charge in [0.2, 0.25) is 0 Å². The molecule has 1 N–H and O–H groups in total. The summed E-state index contributed by atoms with van der Waals surface area (Å²) >= 11 is 8.63. The summed E-state index contributed by atoms with van der Waals surface area (Å²) in [4.78, 5) is 0. The summed E-state index contributed by atoms with van der Waals surface area (Å²) in [6.07, 6.45) is 8.62. The topological polar surface area (TPSA) is 20.2 Å². The van der Waals surface area contributed by atoms with Crippen LogP contribution in [0.15, 0.2) is 13.6 Å². The number of hydrogen-bond donors (Lipinski definition) is 1. The average molecular weight is 382 g/mol. The second-order valence-electron chi connectivity index (χ2n) is 4.89. The Morgan fingerprint density at radius 3 is 2.41 bits per heavy atom. The van der Waals surface area contributed by atoms with Crippen LogP contribution in [-0.2, 0) is 0 Å². The fraction of sp³-hybridized carbons (Fsp3) is 0.692. The van der Waals surface area contributed by atoms with Gasteiger partial charge in [0.1, 0.15) is 0 Å². The highest BCUT2D eigenvalue weighted by molar-refractivity contribution is 9.12. The van der Waals surface area contributed by atoms with Crippen LogP contribution in [0.1, 0.15) is 56.6 Å². The molecule has 0 amide bonds. The van der Waals surface area contributed by atoms with Crippen LogP contribution in [0.2, 0.25) is 0 Å². The van der Waals surface area contributed by atoms with E-state index in [9.17, 15) is 5.11 Å². The Morgan fingerprint density at radius 2 is 1.88 bits per heavy atom. The zero-order chi connectivity index (χ0) is 12.3. The largest absolute Gasteiger partial charge is 0.388 e. The monoisotopic (exact) mass is 380 g/mol. The molecule has 1 fully saturated rings. The van der Waals surface area contributed by atoms with Crippen molar-refractivity contribution >= 4 is 43.2 Å². The summed E-state index contributed by atoms with van der Waals surface area (Å²) in [5, 5.41) is 10.3. The third-order valence-electron chi connectivity index (χ3n) is 3.57. The predicted molar refractivity (Wildman–Crippen MR) is 80.5 cm³/mol. The fourth-order valence-electron chi connectivity index (χ4n) is 2.62. The number of halogens is 2. The summed E-state index contributed by atoms with van der Waals surface area (Å²) in [6, 6.07) is 2.04. The van der Waals surface area contributed by atoms with Crippen molar-refractivity contribution in [1.29, 1.82) is 0 Å². The molecule has 96 valence electrons. The van der Waals surface area contributed by atoms with E-state index in [1.807, 2.05) is 6.07 Å². The summed E-state index contributed by atoms with van der Waals surface area (Å²) in [7, 11) is 0. The van der Waals surface area contributed by atoms with Crippen LogP contribution in [0.3, 0.4) is 0 Å². The Hall–Kier alpha value is 0.620. The molecule has 0 saturated heterocycles. The fourth-order valence-corrected chi connectivity index (χ4v) is 5.58. The standard InChI is InChI=1S/C13H18Br2OS/c14-12-8-10(13(15)17-12)11(16)7-9-5-3-1-2-4-6-9/h8-9,11,16H,1-7H2. The summed E-state index contributed by atoms with van der Waals surface area (Å²) < 4.78 is 2.14. The Balaban J connectivity index is 1.95. The van der Waals surface area contributed by atoms with E-state index >= 15 is 0 Å².